The van der Waals surface area contributed by atoms with Gasteiger partial charge in [0.2, 0.25) is 5.95 Å². The number of nitrogens with one attached hydrogen (secondary N) is 2. The summed E-state index contributed by atoms with van der Waals surface area (Å²) in [5.74, 6) is 0.219. The van der Waals surface area contributed by atoms with Gasteiger partial charge in [-0.3, -0.25) is 4.79 Å². The first-order valence-corrected chi connectivity index (χ1v) is 7.75. The lowest BCUT2D eigenvalue weighted by molar-refractivity contribution is 0.0945. The van der Waals surface area contributed by atoms with Crippen LogP contribution < -0.4 is 10.6 Å². The second kappa shape index (κ2) is 8.37. The Balaban J connectivity index is 2.21. The third kappa shape index (κ3) is 4.50. The van der Waals surface area contributed by atoms with E-state index in [2.05, 4.69) is 20.6 Å². The van der Waals surface area contributed by atoms with Crippen LogP contribution >= 0.6 is 0 Å². The van der Waals surface area contributed by atoms with Gasteiger partial charge in [-0.05, 0) is 31.5 Å². The van der Waals surface area contributed by atoms with Crippen molar-refractivity contribution in [3.8, 4) is 11.3 Å². The fourth-order valence-corrected chi connectivity index (χ4v) is 2.12. The van der Waals surface area contributed by atoms with Crippen LogP contribution in [0.15, 0.2) is 30.5 Å². The first-order chi connectivity index (χ1) is 11.5. The van der Waals surface area contributed by atoms with Gasteiger partial charge >= 0.3 is 0 Å². The SMILES string of the molecule is Cc1cnc(NC(C)CO)nc1-c1ccc(C(=O)NCCO)cc1. The van der Waals surface area contributed by atoms with Crippen LogP contribution in [0.3, 0.4) is 0 Å². The summed E-state index contributed by atoms with van der Waals surface area (Å²) < 4.78 is 0. The lowest BCUT2D eigenvalue weighted by Crippen LogP contribution is -2.26. The fourth-order valence-electron chi connectivity index (χ4n) is 2.12. The third-order valence-electron chi connectivity index (χ3n) is 3.44. The first kappa shape index (κ1) is 17.8. The summed E-state index contributed by atoms with van der Waals surface area (Å²) in [6.07, 6.45) is 1.72. The van der Waals surface area contributed by atoms with Crippen LogP contribution in [0.4, 0.5) is 5.95 Å². The number of aromatic nitrogens is 2. The summed E-state index contributed by atoms with van der Waals surface area (Å²) in [5.41, 5.74) is 3.06. The second-order valence-corrected chi connectivity index (χ2v) is 5.51. The van der Waals surface area contributed by atoms with E-state index in [0.29, 0.717) is 11.5 Å². The monoisotopic (exact) mass is 330 g/mol. The van der Waals surface area contributed by atoms with Crippen molar-refractivity contribution >= 4 is 11.9 Å². The molecule has 24 heavy (non-hydrogen) atoms. The van der Waals surface area contributed by atoms with Crippen LogP contribution in [0.5, 0.6) is 0 Å². The second-order valence-electron chi connectivity index (χ2n) is 5.51. The summed E-state index contributed by atoms with van der Waals surface area (Å²) in [6.45, 7) is 3.87. The van der Waals surface area contributed by atoms with Crippen molar-refractivity contribution in [1.82, 2.24) is 15.3 Å². The maximum atomic E-state index is 11.8. The third-order valence-corrected chi connectivity index (χ3v) is 3.44. The molecule has 1 unspecified atom stereocenters. The number of hydrogen-bond acceptors (Lipinski definition) is 6. The van der Waals surface area contributed by atoms with Gasteiger partial charge in [0.25, 0.3) is 5.91 Å². The van der Waals surface area contributed by atoms with Gasteiger partial charge in [-0.2, -0.15) is 0 Å². The van der Waals surface area contributed by atoms with E-state index in [-0.39, 0.29) is 31.7 Å². The Morgan fingerprint density at radius 1 is 1.25 bits per heavy atom. The molecule has 128 valence electrons. The van der Waals surface area contributed by atoms with E-state index in [1.807, 2.05) is 26.0 Å². The number of carbonyl (C=O) groups excluding carboxylic acids is 1. The lowest BCUT2D eigenvalue weighted by Gasteiger charge is -2.13. The van der Waals surface area contributed by atoms with Gasteiger partial charge in [0, 0.05) is 29.9 Å². The summed E-state index contributed by atoms with van der Waals surface area (Å²) in [7, 11) is 0. The number of aliphatic hydroxyl groups is 2. The largest absolute Gasteiger partial charge is 0.395 e. The first-order valence-electron chi connectivity index (χ1n) is 7.75. The van der Waals surface area contributed by atoms with Gasteiger partial charge < -0.3 is 20.8 Å². The molecule has 0 aliphatic rings. The average molecular weight is 330 g/mol. The van der Waals surface area contributed by atoms with Gasteiger partial charge in [0.1, 0.15) is 0 Å². The van der Waals surface area contributed by atoms with Crippen molar-refractivity contribution in [2.45, 2.75) is 19.9 Å². The van der Waals surface area contributed by atoms with Crippen LogP contribution in [-0.4, -0.2) is 51.9 Å². The Labute approximate surface area is 140 Å². The lowest BCUT2D eigenvalue weighted by atomic mass is 10.1. The summed E-state index contributed by atoms with van der Waals surface area (Å²) in [4.78, 5) is 20.5. The molecule has 7 nitrogen and oxygen atoms in total. The Hall–Kier alpha value is -2.51. The van der Waals surface area contributed by atoms with Crippen molar-refractivity contribution in [2.75, 3.05) is 25.1 Å². The zero-order chi connectivity index (χ0) is 17.5. The van der Waals surface area contributed by atoms with E-state index in [9.17, 15) is 4.79 Å². The predicted molar refractivity (Wildman–Crippen MR) is 91.8 cm³/mol. The van der Waals surface area contributed by atoms with Crippen molar-refractivity contribution in [3.63, 3.8) is 0 Å². The Kier molecular flexibility index (Phi) is 6.22. The van der Waals surface area contributed by atoms with Crippen LogP contribution in [0.2, 0.25) is 0 Å². The maximum Gasteiger partial charge on any atom is 0.251 e. The zero-order valence-corrected chi connectivity index (χ0v) is 13.8. The minimum absolute atomic E-state index is 0.00970. The van der Waals surface area contributed by atoms with Crippen molar-refractivity contribution in [2.24, 2.45) is 0 Å². The smallest absolute Gasteiger partial charge is 0.251 e. The van der Waals surface area contributed by atoms with E-state index in [1.54, 1.807) is 18.3 Å². The standard InChI is InChI=1S/C17H22N4O3/c1-11-9-19-17(20-12(2)10-23)21-15(11)13-3-5-14(6-4-13)16(24)18-7-8-22/h3-6,9,12,22-23H,7-8,10H2,1-2H3,(H,18,24)(H,19,20,21). The van der Waals surface area contributed by atoms with Crippen LogP contribution in [0, 0.1) is 6.92 Å². The molecule has 1 heterocycles. The molecule has 2 rings (SSSR count). The Morgan fingerprint density at radius 3 is 2.58 bits per heavy atom. The van der Waals surface area contributed by atoms with E-state index in [4.69, 9.17) is 10.2 Å². The molecule has 0 radical (unpaired) electrons. The number of anilines is 1. The quantitative estimate of drug-likeness (QED) is 0.602. The van der Waals surface area contributed by atoms with Crippen molar-refractivity contribution in [3.05, 3.63) is 41.6 Å². The molecular weight excluding hydrogens is 308 g/mol. The Bertz CT molecular complexity index is 689. The molecule has 0 spiro atoms. The molecule has 1 aromatic heterocycles. The number of aryl methyl sites for hydroxylation is 1. The average Bonchev–Trinajstić information content (AvgIpc) is 2.61. The van der Waals surface area contributed by atoms with Gasteiger partial charge in [0.15, 0.2) is 0 Å². The molecule has 7 heteroatoms. The fraction of sp³-hybridized carbons (Fsp3) is 0.353. The van der Waals surface area contributed by atoms with Crippen LogP contribution in [0.1, 0.15) is 22.8 Å². The molecule has 1 aromatic carbocycles. The molecule has 0 saturated heterocycles. The van der Waals surface area contributed by atoms with E-state index >= 15 is 0 Å². The van der Waals surface area contributed by atoms with Gasteiger partial charge in [-0.25, -0.2) is 9.97 Å². The predicted octanol–water partition coefficient (Wildman–Crippen LogP) is 0.967. The maximum absolute atomic E-state index is 11.8. The molecule has 1 amide bonds. The van der Waals surface area contributed by atoms with E-state index in [0.717, 1.165) is 16.8 Å². The molecule has 0 fully saturated rings. The number of nitrogens with zero attached hydrogens (tertiary/aromatic N) is 2. The molecule has 4 N–H and O–H groups in total. The van der Waals surface area contributed by atoms with Gasteiger partial charge in [-0.15, -0.1) is 0 Å². The number of hydrogen-bond donors (Lipinski definition) is 4. The number of amides is 1. The summed E-state index contributed by atoms with van der Waals surface area (Å²) >= 11 is 0. The minimum Gasteiger partial charge on any atom is -0.395 e. The normalized spacial score (nSPS) is 11.8. The highest BCUT2D eigenvalue weighted by Gasteiger charge is 2.10. The topological polar surface area (TPSA) is 107 Å². The molecule has 2 aromatic rings. The molecule has 0 aliphatic carbocycles. The molecule has 0 aliphatic heterocycles. The number of benzene rings is 1. The van der Waals surface area contributed by atoms with Crippen molar-refractivity contribution in [1.29, 1.82) is 0 Å². The summed E-state index contributed by atoms with van der Waals surface area (Å²) in [5, 5.41) is 23.5. The van der Waals surface area contributed by atoms with Crippen LogP contribution in [0.25, 0.3) is 11.3 Å². The Morgan fingerprint density at radius 2 is 1.96 bits per heavy atom. The number of carbonyl (C=O) groups is 1. The number of rotatable bonds is 7. The zero-order valence-electron chi connectivity index (χ0n) is 13.8. The highest BCUT2D eigenvalue weighted by Crippen LogP contribution is 2.22. The van der Waals surface area contributed by atoms with Gasteiger partial charge in [0.05, 0.1) is 18.9 Å². The van der Waals surface area contributed by atoms with Gasteiger partial charge in [-0.1, -0.05) is 12.1 Å². The van der Waals surface area contributed by atoms with Crippen LogP contribution in [-0.2, 0) is 0 Å². The summed E-state index contributed by atoms with van der Waals surface area (Å²) in [6, 6.07) is 6.93. The van der Waals surface area contributed by atoms with Crippen molar-refractivity contribution < 1.29 is 15.0 Å². The number of aliphatic hydroxyl groups excluding tert-OH is 2. The minimum atomic E-state index is -0.228. The van der Waals surface area contributed by atoms with E-state index < -0.39 is 0 Å². The molecule has 0 bridgehead atoms. The highest BCUT2D eigenvalue weighted by molar-refractivity contribution is 5.94. The molecule has 1 atom stereocenters. The highest BCUT2D eigenvalue weighted by atomic mass is 16.3. The molecular formula is C17H22N4O3. The molecule has 0 saturated carbocycles. The van der Waals surface area contributed by atoms with E-state index in [1.165, 1.54) is 0 Å².